The summed E-state index contributed by atoms with van der Waals surface area (Å²) in [6.07, 6.45) is -4.40. The zero-order chi connectivity index (χ0) is 21.2. The van der Waals surface area contributed by atoms with E-state index in [-0.39, 0.29) is 31.5 Å². The summed E-state index contributed by atoms with van der Waals surface area (Å²) in [5.41, 5.74) is -1.31. The first-order valence-corrected chi connectivity index (χ1v) is 10.3. The zero-order valence-electron chi connectivity index (χ0n) is 15.1. The van der Waals surface area contributed by atoms with Crippen molar-refractivity contribution in [2.75, 3.05) is 13.1 Å². The van der Waals surface area contributed by atoms with Crippen LogP contribution in [0.5, 0.6) is 0 Å². The molecule has 156 valence electrons. The van der Waals surface area contributed by atoms with Crippen molar-refractivity contribution < 1.29 is 30.8 Å². The van der Waals surface area contributed by atoms with Crippen LogP contribution in [0.2, 0.25) is 0 Å². The molecule has 1 aliphatic rings. The number of benzene rings is 2. The first kappa shape index (κ1) is 21.3. The number of hydrogen-bond donors (Lipinski definition) is 1. The monoisotopic (exact) mass is 430 g/mol. The second kappa shape index (κ2) is 8.11. The standard InChI is InChI=1S/C19H18F4N2O3S/c20-16-7-3-1-5-14(16)18(26)25-11-9-13(10-12-25)24-29(27,28)17-8-4-2-6-15(17)19(21,22)23/h1-8,13,24H,9-12H2. The van der Waals surface area contributed by atoms with Gasteiger partial charge in [0.1, 0.15) is 5.82 Å². The Morgan fingerprint density at radius 2 is 1.59 bits per heavy atom. The summed E-state index contributed by atoms with van der Waals surface area (Å²) < 4.78 is 80.5. The van der Waals surface area contributed by atoms with Crippen molar-refractivity contribution in [1.82, 2.24) is 9.62 Å². The fraction of sp³-hybridized carbons (Fsp3) is 0.316. The van der Waals surface area contributed by atoms with Crippen LogP contribution in [0.15, 0.2) is 53.4 Å². The number of sulfonamides is 1. The normalized spacial score (nSPS) is 16.1. The van der Waals surface area contributed by atoms with Gasteiger partial charge < -0.3 is 4.90 Å². The fourth-order valence-corrected chi connectivity index (χ4v) is 4.76. The molecule has 10 heteroatoms. The molecule has 1 N–H and O–H groups in total. The van der Waals surface area contributed by atoms with Crippen LogP contribution in [0.1, 0.15) is 28.8 Å². The van der Waals surface area contributed by atoms with Crippen molar-refractivity contribution in [3.63, 3.8) is 0 Å². The van der Waals surface area contributed by atoms with Gasteiger partial charge in [-0.25, -0.2) is 17.5 Å². The minimum absolute atomic E-state index is 0.0781. The number of likely N-dealkylation sites (tertiary alicyclic amines) is 1. The first-order valence-electron chi connectivity index (χ1n) is 8.82. The van der Waals surface area contributed by atoms with E-state index < -0.39 is 44.4 Å². The van der Waals surface area contributed by atoms with Crippen LogP contribution in [0.25, 0.3) is 0 Å². The second-order valence-electron chi connectivity index (χ2n) is 6.66. The van der Waals surface area contributed by atoms with Gasteiger partial charge in [-0.15, -0.1) is 0 Å². The predicted octanol–water partition coefficient (Wildman–Crippen LogP) is 3.43. The molecule has 0 saturated carbocycles. The highest BCUT2D eigenvalue weighted by molar-refractivity contribution is 7.89. The third-order valence-corrected chi connectivity index (χ3v) is 6.27. The van der Waals surface area contributed by atoms with Crippen LogP contribution in [-0.2, 0) is 16.2 Å². The maximum Gasteiger partial charge on any atom is 0.417 e. The summed E-state index contributed by atoms with van der Waals surface area (Å²) in [6.45, 7) is 0.308. The lowest BCUT2D eigenvalue weighted by Gasteiger charge is -2.32. The summed E-state index contributed by atoms with van der Waals surface area (Å²) in [5, 5.41) is 0. The van der Waals surface area contributed by atoms with Crippen molar-refractivity contribution in [2.45, 2.75) is 30.0 Å². The highest BCUT2D eigenvalue weighted by Gasteiger charge is 2.38. The fourth-order valence-electron chi connectivity index (χ4n) is 3.22. The maximum atomic E-state index is 13.8. The van der Waals surface area contributed by atoms with Crippen LogP contribution in [-0.4, -0.2) is 38.4 Å². The number of carbonyl (C=O) groups is 1. The Kier molecular flexibility index (Phi) is 5.95. The first-order chi connectivity index (χ1) is 13.6. The molecule has 1 heterocycles. The molecule has 2 aromatic rings. The molecule has 29 heavy (non-hydrogen) atoms. The number of rotatable bonds is 4. The van der Waals surface area contributed by atoms with E-state index in [1.54, 1.807) is 0 Å². The van der Waals surface area contributed by atoms with E-state index in [1.807, 2.05) is 0 Å². The molecular formula is C19H18F4N2O3S. The molecule has 0 atom stereocenters. The van der Waals surface area contributed by atoms with Gasteiger partial charge in [0.15, 0.2) is 0 Å². The maximum absolute atomic E-state index is 13.8. The topological polar surface area (TPSA) is 66.5 Å². The van der Waals surface area contributed by atoms with E-state index >= 15 is 0 Å². The molecule has 0 radical (unpaired) electrons. The number of carbonyl (C=O) groups excluding carboxylic acids is 1. The molecule has 1 aliphatic heterocycles. The average molecular weight is 430 g/mol. The highest BCUT2D eigenvalue weighted by atomic mass is 32.2. The van der Waals surface area contributed by atoms with Crippen molar-refractivity contribution in [3.8, 4) is 0 Å². The molecule has 0 spiro atoms. The Hall–Kier alpha value is -2.46. The van der Waals surface area contributed by atoms with Crippen molar-refractivity contribution in [1.29, 1.82) is 0 Å². The number of nitrogens with one attached hydrogen (secondary N) is 1. The number of piperidine rings is 1. The molecule has 1 saturated heterocycles. The highest BCUT2D eigenvalue weighted by Crippen LogP contribution is 2.34. The summed E-state index contributed by atoms with van der Waals surface area (Å²) >= 11 is 0. The van der Waals surface area contributed by atoms with E-state index in [1.165, 1.54) is 35.2 Å². The van der Waals surface area contributed by atoms with Crippen LogP contribution in [0.3, 0.4) is 0 Å². The van der Waals surface area contributed by atoms with Crippen LogP contribution in [0, 0.1) is 5.82 Å². The largest absolute Gasteiger partial charge is 0.417 e. The minimum Gasteiger partial charge on any atom is -0.338 e. The quantitative estimate of drug-likeness (QED) is 0.756. The third-order valence-electron chi connectivity index (χ3n) is 4.69. The third kappa shape index (κ3) is 4.76. The average Bonchev–Trinajstić information content (AvgIpc) is 2.67. The van der Waals surface area contributed by atoms with E-state index in [9.17, 15) is 30.8 Å². The van der Waals surface area contributed by atoms with Crippen LogP contribution >= 0.6 is 0 Å². The molecule has 0 bridgehead atoms. The number of hydrogen-bond acceptors (Lipinski definition) is 3. The summed E-state index contributed by atoms with van der Waals surface area (Å²) in [7, 11) is -4.40. The van der Waals surface area contributed by atoms with Gasteiger partial charge in [0.05, 0.1) is 16.0 Å². The Bertz CT molecular complexity index is 1000. The zero-order valence-corrected chi connectivity index (χ0v) is 15.9. The Balaban J connectivity index is 1.68. The number of amides is 1. The second-order valence-corrected chi connectivity index (χ2v) is 8.34. The van der Waals surface area contributed by atoms with E-state index in [2.05, 4.69) is 4.72 Å². The van der Waals surface area contributed by atoms with E-state index in [0.29, 0.717) is 6.07 Å². The molecule has 0 unspecified atom stereocenters. The molecule has 3 rings (SSSR count). The van der Waals surface area contributed by atoms with Crippen molar-refractivity contribution >= 4 is 15.9 Å². The molecule has 1 amide bonds. The van der Waals surface area contributed by atoms with Crippen LogP contribution in [0.4, 0.5) is 17.6 Å². The number of alkyl halides is 3. The molecule has 5 nitrogen and oxygen atoms in total. The molecule has 1 fully saturated rings. The van der Waals surface area contributed by atoms with Gasteiger partial charge in [0.2, 0.25) is 10.0 Å². The predicted molar refractivity (Wildman–Crippen MR) is 97.1 cm³/mol. The van der Waals surface area contributed by atoms with Gasteiger partial charge in [0.25, 0.3) is 5.91 Å². The van der Waals surface area contributed by atoms with Crippen molar-refractivity contribution in [3.05, 3.63) is 65.5 Å². The van der Waals surface area contributed by atoms with E-state index in [4.69, 9.17) is 0 Å². The summed E-state index contributed by atoms with van der Waals surface area (Å²) in [5.74, 6) is -1.16. The lowest BCUT2D eigenvalue weighted by Crippen LogP contribution is -2.46. The Labute approximate surface area is 165 Å². The van der Waals surface area contributed by atoms with Crippen molar-refractivity contribution in [2.24, 2.45) is 0 Å². The SMILES string of the molecule is O=C(c1ccccc1F)N1CCC(NS(=O)(=O)c2ccccc2C(F)(F)F)CC1. The van der Waals surface area contributed by atoms with Crippen LogP contribution < -0.4 is 4.72 Å². The lowest BCUT2D eigenvalue weighted by atomic mass is 10.0. The lowest BCUT2D eigenvalue weighted by molar-refractivity contribution is -0.139. The Morgan fingerprint density at radius 1 is 1.00 bits per heavy atom. The summed E-state index contributed by atoms with van der Waals surface area (Å²) in [4.78, 5) is 13.0. The smallest absolute Gasteiger partial charge is 0.338 e. The number of nitrogens with zero attached hydrogens (tertiary/aromatic N) is 1. The van der Waals surface area contributed by atoms with Gasteiger partial charge in [-0.2, -0.15) is 13.2 Å². The van der Waals surface area contributed by atoms with Gasteiger partial charge in [-0.3, -0.25) is 4.79 Å². The number of halogens is 4. The molecule has 2 aromatic carbocycles. The minimum atomic E-state index is -4.80. The van der Waals surface area contributed by atoms with Gasteiger partial charge in [0, 0.05) is 19.1 Å². The van der Waals surface area contributed by atoms with Gasteiger partial charge in [-0.05, 0) is 37.1 Å². The molecule has 0 aliphatic carbocycles. The molecule has 0 aromatic heterocycles. The Morgan fingerprint density at radius 3 is 2.21 bits per heavy atom. The van der Waals surface area contributed by atoms with E-state index in [0.717, 1.165) is 12.1 Å². The van der Waals surface area contributed by atoms with Gasteiger partial charge in [-0.1, -0.05) is 24.3 Å². The molecular weight excluding hydrogens is 412 g/mol. The summed E-state index contributed by atoms with van der Waals surface area (Å²) in [6, 6.07) is 8.86. The van der Waals surface area contributed by atoms with Gasteiger partial charge >= 0.3 is 6.18 Å².